The Kier molecular flexibility index (Phi) is 3.85. The number of amidine groups is 1. The van der Waals surface area contributed by atoms with Crippen LogP contribution in [0, 0.1) is 5.92 Å². The number of benzene rings is 1. The highest BCUT2D eigenvalue weighted by Crippen LogP contribution is 2.11. The van der Waals surface area contributed by atoms with Crippen molar-refractivity contribution in [1.82, 2.24) is 5.43 Å². The second-order valence-electron chi connectivity index (χ2n) is 3.77. The molecule has 4 nitrogen and oxygen atoms in total. The van der Waals surface area contributed by atoms with E-state index in [1.807, 2.05) is 37.3 Å². The molecule has 1 aromatic carbocycles. The monoisotopic (exact) mass is 247 g/mol. The molecular weight excluding hydrogens is 234 g/mol. The Labute approximate surface area is 103 Å². The molecule has 2 rings (SSSR count). The molecule has 0 aliphatic carbocycles. The molecule has 0 unspecified atom stereocenters. The quantitative estimate of drug-likeness (QED) is 0.444. The minimum absolute atomic E-state index is 0.0576. The number of amides is 1. The number of carbonyl (C=O) groups is 1. The Morgan fingerprint density at radius 3 is 2.94 bits per heavy atom. The van der Waals surface area contributed by atoms with E-state index in [0.717, 1.165) is 16.2 Å². The molecule has 1 atom stereocenters. The SMILES string of the molecule is C[C@@H]1CC(=O)NN=C1N=C=[SH]c1ccccc1. The van der Waals surface area contributed by atoms with E-state index in [0.29, 0.717) is 12.3 Å². The van der Waals surface area contributed by atoms with Gasteiger partial charge in [-0.05, 0) is 12.1 Å². The van der Waals surface area contributed by atoms with Crippen molar-refractivity contribution in [3.8, 4) is 0 Å². The minimum atomic E-state index is -0.0583. The normalized spacial score (nSPS) is 19.0. The van der Waals surface area contributed by atoms with Gasteiger partial charge in [0.25, 0.3) is 0 Å². The van der Waals surface area contributed by atoms with Crippen molar-refractivity contribution < 1.29 is 4.79 Å². The summed E-state index contributed by atoms with van der Waals surface area (Å²) in [4.78, 5) is 16.3. The Hall–Kier alpha value is -1.71. The number of nitrogens with zero attached hydrogens (tertiary/aromatic N) is 2. The third-order valence-electron chi connectivity index (χ3n) is 2.33. The van der Waals surface area contributed by atoms with Crippen molar-refractivity contribution in [1.29, 1.82) is 0 Å². The van der Waals surface area contributed by atoms with E-state index in [2.05, 4.69) is 20.7 Å². The third-order valence-corrected chi connectivity index (χ3v) is 3.08. The molecule has 1 heterocycles. The highest BCUT2D eigenvalue weighted by molar-refractivity contribution is 7.97. The van der Waals surface area contributed by atoms with Gasteiger partial charge >= 0.3 is 0 Å². The molecule has 17 heavy (non-hydrogen) atoms. The van der Waals surface area contributed by atoms with E-state index < -0.39 is 0 Å². The number of isothiocyanates is 1. The first-order valence-electron chi connectivity index (χ1n) is 5.33. The number of rotatable bonds is 1. The summed E-state index contributed by atoms with van der Waals surface area (Å²) < 4.78 is 0. The summed E-state index contributed by atoms with van der Waals surface area (Å²) in [6.07, 6.45) is 0.437. The van der Waals surface area contributed by atoms with E-state index in [9.17, 15) is 4.79 Å². The van der Waals surface area contributed by atoms with Crippen molar-refractivity contribution >= 4 is 28.3 Å². The second kappa shape index (κ2) is 5.57. The number of hydrogen-bond acceptors (Lipinski definition) is 3. The predicted molar refractivity (Wildman–Crippen MR) is 70.5 cm³/mol. The fourth-order valence-corrected chi connectivity index (χ4v) is 2.01. The Morgan fingerprint density at radius 2 is 2.24 bits per heavy atom. The molecule has 1 aliphatic heterocycles. The van der Waals surface area contributed by atoms with Crippen LogP contribution in [0.3, 0.4) is 0 Å². The summed E-state index contributed by atoms with van der Waals surface area (Å²) in [6.45, 7) is 1.93. The zero-order valence-electron chi connectivity index (χ0n) is 9.42. The van der Waals surface area contributed by atoms with Crippen molar-refractivity contribution in [2.24, 2.45) is 16.0 Å². The summed E-state index contributed by atoms with van der Waals surface area (Å²) in [7, 11) is 0. The Morgan fingerprint density at radius 1 is 1.47 bits per heavy atom. The first-order chi connectivity index (χ1) is 8.25. The smallest absolute Gasteiger partial charge is 0.240 e. The summed E-state index contributed by atoms with van der Waals surface area (Å²) in [5.74, 6) is 0.632. The highest BCUT2D eigenvalue weighted by atomic mass is 32.1. The molecule has 0 bridgehead atoms. The van der Waals surface area contributed by atoms with Crippen molar-refractivity contribution in [3.63, 3.8) is 0 Å². The van der Waals surface area contributed by atoms with Crippen molar-refractivity contribution in [3.05, 3.63) is 30.3 Å². The lowest BCUT2D eigenvalue weighted by Gasteiger charge is -2.13. The average Bonchev–Trinajstić information content (AvgIpc) is 2.33. The highest BCUT2D eigenvalue weighted by Gasteiger charge is 2.19. The standard InChI is InChI=1S/C12H13N3OS/c1-9-7-11(16)14-15-12(9)13-8-17-10-5-3-2-4-6-10/h2-6,9,17H,7H2,1H3,(H,14,16)/t9-/m1/s1. The summed E-state index contributed by atoms with van der Waals surface area (Å²) in [5, 5.41) is 6.84. The topological polar surface area (TPSA) is 53.8 Å². The van der Waals surface area contributed by atoms with Gasteiger partial charge in [-0.3, -0.25) is 4.79 Å². The summed E-state index contributed by atoms with van der Waals surface area (Å²) in [5.41, 5.74) is 2.42. The van der Waals surface area contributed by atoms with Gasteiger partial charge in [-0.25, -0.2) is 5.43 Å². The van der Waals surface area contributed by atoms with Crippen LogP contribution in [0.2, 0.25) is 0 Å². The van der Waals surface area contributed by atoms with Crippen LogP contribution in [-0.2, 0) is 4.79 Å². The second-order valence-corrected chi connectivity index (χ2v) is 4.71. The predicted octanol–water partition coefficient (Wildman–Crippen LogP) is 1.89. The number of hydrogen-bond donors (Lipinski definition) is 2. The molecule has 0 aromatic heterocycles. The van der Waals surface area contributed by atoms with Crippen molar-refractivity contribution in [2.75, 3.05) is 0 Å². The molecule has 0 spiro atoms. The van der Waals surface area contributed by atoms with Crippen LogP contribution in [-0.4, -0.2) is 16.9 Å². The lowest BCUT2D eigenvalue weighted by Crippen LogP contribution is -2.30. The summed E-state index contributed by atoms with van der Waals surface area (Å²) in [6, 6.07) is 9.95. The van der Waals surface area contributed by atoms with Gasteiger partial charge in [-0.1, -0.05) is 25.1 Å². The van der Waals surface area contributed by atoms with Crippen LogP contribution in [0.4, 0.5) is 0 Å². The average molecular weight is 247 g/mol. The maximum absolute atomic E-state index is 11.0. The van der Waals surface area contributed by atoms with E-state index in [4.69, 9.17) is 0 Å². The number of nitrogens with one attached hydrogen (secondary N) is 1. The Bertz CT molecular complexity index is 504. The van der Waals surface area contributed by atoms with Gasteiger partial charge in [-0.2, -0.15) is 10.1 Å². The first-order valence-corrected chi connectivity index (χ1v) is 6.23. The van der Waals surface area contributed by atoms with Crippen molar-refractivity contribution in [2.45, 2.75) is 18.2 Å². The first kappa shape index (κ1) is 11.8. The van der Waals surface area contributed by atoms with Crippen LogP contribution in [0.15, 0.2) is 45.3 Å². The zero-order valence-corrected chi connectivity index (χ0v) is 10.3. The molecule has 1 aliphatic rings. The fourth-order valence-electron chi connectivity index (χ4n) is 1.42. The lowest BCUT2D eigenvalue weighted by atomic mass is 10.1. The number of hydrazone groups is 1. The van der Waals surface area contributed by atoms with Gasteiger partial charge in [0.15, 0.2) is 5.84 Å². The van der Waals surface area contributed by atoms with E-state index in [1.165, 1.54) is 0 Å². The van der Waals surface area contributed by atoms with Gasteiger partial charge in [0.1, 0.15) is 0 Å². The molecule has 1 amide bonds. The molecule has 0 radical (unpaired) electrons. The fraction of sp³-hybridized carbons (Fsp3) is 0.250. The maximum atomic E-state index is 11.0. The van der Waals surface area contributed by atoms with Crippen LogP contribution in [0.1, 0.15) is 13.3 Å². The minimum Gasteiger partial charge on any atom is -0.273 e. The summed E-state index contributed by atoms with van der Waals surface area (Å²) >= 11 is 0.904. The number of thiol groups is 1. The molecule has 88 valence electrons. The maximum Gasteiger partial charge on any atom is 0.240 e. The number of aliphatic imine (C=N–C) groups is 1. The van der Waals surface area contributed by atoms with Crippen LogP contribution < -0.4 is 5.43 Å². The molecule has 0 saturated heterocycles. The van der Waals surface area contributed by atoms with Gasteiger partial charge in [-0.15, -0.1) is 11.4 Å². The van der Waals surface area contributed by atoms with Crippen LogP contribution in [0.5, 0.6) is 0 Å². The van der Waals surface area contributed by atoms with Crippen LogP contribution in [0.25, 0.3) is 0 Å². The third kappa shape index (κ3) is 3.37. The van der Waals surface area contributed by atoms with Crippen LogP contribution >= 0.6 is 11.4 Å². The molecule has 5 heteroatoms. The molecule has 1 N–H and O–H groups in total. The van der Waals surface area contributed by atoms with E-state index >= 15 is 0 Å². The zero-order chi connectivity index (χ0) is 12.1. The largest absolute Gasteiger partial charge is 0.273 e. The van der Waals surface area contributed by atoms with Gasteiger partial charge < -0.3 is 0 Å². The van der Waals surface area contributed by atoms with E-state index in [-0.39, 0.29) is 11.8 Å². The molecule has 0 saturated carbocycles. The van der Waals surface area contributed by atoms with Gasteiger partial charge in [0.05, 0.1) is 0 Å². The molecule has 0 fully saturated rings. The molecule has 1 aromatic rings. The van der Waals surface area contributed by atoms with E-state index in [1.54, 1.807) is 0 Å². The number of carbonyl (C=O) groups excluding carboxylic acids is 1. The molecular formula is C12H13N3OS. The van der Waals surface area contributed by atoms with Gasteiger partial charge in [0.2, 0.25) is 5.91 Å². The lowest BCUT2D eigenvalue weighted by molar-refractivity contribution is -0.121. The van der Waals surface area contributed by atoms with Gasteiger partial charge in [0, 0.05) is 22.4 Å². The Balaban J connectivity index is 2.11.